The standard InChI is InChI=1S/C13H16ClNO4.C8H5F3O2/c1-13(2,3)19-12(18)15-7-8-4-5-10(14)9(6-8)11(16)17;9-8(10,11)6-4-2-1-3-5(6)7(12)13/h4-6H,7H2,1-3H3,(H,15,18)(H,16,17);1-4H,(H,12,13). The van der Waals surface area contributed by atoms with Crippen molar-refractivity contribution >= 4 is 29.6 Å². The van der Waals surface area contributed by atoms with Gasteiger partial charge in [-0.05, 0) is 50.6 Å². The average molecular weight is 476 g/mol. The molecule has 2 aromatic rings. The second-order valence-corrected chi connectivity index (χ2v) is 7.73. The molecule has 0 aromatic heterocycles. The first-order chi connectivity index (χ1) is 14.6. The zero-order valence-electron chi connectivity index (χ0n) is 17.3. The van der Waals surface area contributed by atoms with E-state index >= 15 is 0 Å². The first kappa shape index (κ1) is 26.8. The van der Waals surface area contributed by atoms with Crippen LogP contribution in [0.25, 0.3) is 0 Å². The molecule has 0 bridgehead atoms. The van der Waals surface area contributed by atoms with Crippen molar-refractivity contribution in [3.8, 4) is 0 Å². The highest BCUT2D eigenvalue weighted by Crippen LogP contribution is 2.31. The van der Waals surface area contributed by atoms with E-state index < -0.39 is 40.9 Å². The van der Waals surface area contributed by atoms with Crippen LogP contribution in [0.1, 0.15) is 52.6 Å². The molecule has 0 spiro atoms. The van der Waals surface area contributed by atoms with E-state index in [1.54, 1.807) is 26.8 Å². The monoisotopic (exact) mass is 475 g/mol. The third-order valence-corrected chi connectivity index (χ3v) is 3.89. The number of nitrogens with one attached hydrogen (secondary N) is 1. The summed E-state index contributed by atoms with van der Waals surface area (Å²) in [5, 5.41) is 20.1. The summed E-state index contributed by atoms with van der Waals surface area (Å²) in [4.78, 5) is 32.7. The van der Waals surface area contributed by atoms with E-state index in [0.29, 0.717) is 5.56 Å². The first-order valence-electron chi connectivity index (χ1n) is 9.00. The van der Waals surface area contributed by atoms with Crippen LogP contribution < -0.4 is 5.32 Å². The van der Waals surface area contributed by atoms with Crippen molar-refractivity contribution in [3.05, 3.63) is 69.7 Å². The number of carbonyl (C=O) groups is 3. The lowest BCUT2D eigenvalue weighted by Gasteiger charge is -2.19. The molecular weight excluding hydrogens is 455 g/mol. The molecule has 2 rings (SSSR count). The fourth-order valence-corrected chi connectivity index (χ4v) is 2.45. The lowest BCUT2D eigenvalue weighted by Crippen LogP contribution is -2.32. The highest BCUT2D eigenvalue weighted by Gasteiger charge is 2.34. The Morgan fingerprint density at radius 3 is 2.00 bits per heavy atom. The molecule has 0 aliphatic heterocycles. The van der Waals surface area contributed by atoms with Crippen molar-refractivity contribution in [2.75, 3.05) is 0 Å². The number of ether oxygens (including phenoxy) is 1. The highest BCUT2D eigenvalue weighted by atomic mass is 35.5. The number of carbonyl (C=O) groups excluding carboxylic acids is 1. The smallest absolute Gasteiger partial charge is 0.417 e. The van der Waals surface area contributed by atoms with Gasteiger partial charge in [-0.1, -0.05) is 29.8 Å². The molecule has 0 unspecified atom stereocenters. The van der Waals surface area contributed by atoms with E-state index in [-0.39, 0.29) is 17.1 Å². The molecule has 0 radical (unpaired) electrons. The predicted octanol–water partition coefficient (Wildman–Crippen LogP) is 5.47. The van der Waals surface area contributed by atoms with Gasteiger partial charge in [0, 0.05) is 6.54 Å². The predicted molar refractivity (Wildman–Crippen MR) is 110 cm³/mol. The number of carboxylic acid groups (broad SMARTS) is 2. The maximum absolute atomic E-state index is 12.1. The van der Waals surface area contributed by atoms with E-state index in [1.165, 1.54) is 18.2 Å². The van der Waals surface area contributed by atoms with Crippen LogP contribution in [-0.2, 0) is 17.5 Å². The van der Waals surface area contributed by atoms with E-state index in [2.05, 4.69) is 5.32 Å². The largest absolute Gasteiger partial charge is 0.478 e. The SMILES string of the molecule is CC(C)(C)OC(=O)NCc1ccc(Cl)c(C(=O)O)c1.O=C(O)c1ccccc1C(F)(F)F. The molecule has 0 atom stereocenters. The van der Waals surface area contributed by atoms with E-state index in [9.17, 15) is 27.6 Å². The highest BCUT2D eigenvalue weighted by molar-refractivity contribution is 6.33. The van der Waals surface area contributed by atoms with Crippen molar-refractivity contribution in [1.29, 1.82) is 0 Å². The molecule has 1 amide bonds. The Hall–Kier alpha value is -3.27. The number of benzene rings is 2. The van der Waals surface area contributed by atoms with Crippen molar-refractivity contribution in [1.82, 2.24) is 5.32 Å². The third-order valence-electron chi connectivity index (χ3n) is 3.56. The minimum absolute atomic E-state index is 0.00477. The molecule has 0 saturated heterocycles. The molecule has 7 nitrogen and oxygen atoms in total. The molecule has 174 valence electrons. The van der Waals surface area contributed by atoms with Crippen molar-refractivity contribution in [3.63, 3.8) is 0 Å². The van der Waals surface area contributed by atoms with Crippen LogP contribution in [0.2, 0.25) is 5.02 Å². The zero-order chi connectivity index (χ0) is 24.7. The van der Waals surface area contributed by atoms with Crippen LogP contribution in [0.15, 0.2) is 42.5 Å². The quantitative estimate of drug-likeness (QED) is 0.540. The van der Waals surface area contributed by atoms with Gasteiger partial charge in [-0.3, -0.25) is 0 Å². The first-order valence-corrected chi connectivity index (χ1v) is 9.37. The van der Waals surface area contributed by atoms with Crippen LogP contribution in [-0.4, -0.2) is 33.8 Å². The third kappa shape index (κ3) is 8.84. The summed E-state index contributed by atoms with van der Waals surface area (Å²) >= 11 is 5.75. The average Bonchev–Trinajstić information content (AvgIpc) is 2.65. The number of alkyl halides is 3. The number of halogens is 4. The summed E-state index contributed by atoms with van der Waals surface area (Å²) in [5.74, 6) is -2.68. The van der Waals surface area contributed by atoms with E-state index in [1.807, 2.05) is 0 Å². The van der Waals surface area contributed by atoms with E-state index in [4.69, 9.17) is 26.6 Å². The van der Waals surface area contributed by atoms with Gasteiger partial charge in [-0.15, -0.1) is 0 Å². The Morgan fingerprint density at radius 2 is 1.53 bits per heavy atom. The Labute approximate surface area is 186 Å². The second-order valence-electron chi connectivity index (χ2n) is 7.32. The molecule has 0 saturated carbocycles. The summed E-state index contributed by atoms with van der Waals surface area (Å²) < 4.78 is 41.5. The summed E-state index contributed by atoms with van der Waals surface area (Å²) in [6.07, 6.45) is -5.17. The minimum Gasteiger partial charge on any atom is -0.478 e. The van der Waals surface area contributed by atoms with Gasteiger partial charge in [-0.2, -0.15) is 13.2 Å². The molecule has 0 aliphatic carbocycles. The van der Waals surface area contributed by atoms with Gasteiger partial charge in [0.2, 0.25) is 0 Å². The summed E-state index contributed by atoms with van der Waals surface area (Å²) in [7, 11) is 0. The summed E-state index contributed by atoms with van der Waals surface area (Å²) in [6.45, 7) is 5.46. The Balaban J connectivity index is 0.000000343. The summed E-state index contributed by atoms with van der Waals surface area (Å²) in [6, 6.07) is 8.61. The lowest BCUT2D eigenvalue weighted by molar-refractivity contribution is -0.138. The van der Waals surface area contributed by atoms with Crippen molar-refractivity contribution in [2.24, 2.45) is 0 Å². The fraction of sp³-hybridized carbons (Fsp3) is 0.286. The summed E-state index contributed by atoms with van der Waals surface area (Å²) in [5.41, 5.74) is -1.79. The zero-order valence-corrected chi connectivity index (χ0v) is 18.0. The van der Waals surface area contributed by atoms with Gasteiger partial charge in [-0.25, -0.2) is 14.4 Å². The number of aromatic carboxylic acids is 2. The Morgan fingerprint density at radius 1 is 0.969 bits per heavy atom. The lowest BCUT2D eigenvalue weighted by atomic mass is 10.1. The van der Waals surface area contributed by atoms with Gasteiger partial charge in [0.25, 0.3) is 0 Å². The van der Waals surface area contributed by atoms with E-state index in [0.717, 1.165) is 18.2 Å². The Bertz CT molecular complexity index is 986. The normalized spacial score (nSPS) is 11.1. The molecule has 3 N–H and O–H groups in total. The fourth-order valence-electron chi connectivity index (χ4n) is 2.25. The number of hydrogen-bond acceptors (Lipinski definition) is 4. The molecule has 2 aromatic carbocycles. The van der Waals surface area contributed by atoms with Gasteiger partial charge >= 0.3 is 24.2 Å². The van der Waals surface area contributed by atoms with Gasteiger partial charge in [0.05, 0.1) is 21.7 Å². The number of carboxylic acids is 2. The number of amides is 1. The van der Waals surface area contributed by atoms with Gasteiger partial charge in [0.1, 0.15) is 5.60 Å². The van der Waals surface area contributed by atoms with Crippen molar-refractivity contribution < 1.29 is 42.5 Å². The molecule has 0 heterocycles. The molecule has 11 heteroatoms. The number of hydrogen-bond donors (Lipinski definition) is 3. The molecule has 0 fully saturated rings. The Kier molecular flexibility index (Phi) is 9.08. The van der Waals surface area contributed by atoms with Crippen LogP contribution in [0.4, 0.5) is 18.0 Å². The van der Waals surface area contributed by atoms with Crippen LogP contribution in [0.5, 0.6) is 0 Å². The topological polar surface area (TPSA) is 113 Å². The van der Waals surface area contributed by atoms with Gasteiger partial charge in [0.15, 0.2) is 0 Å². The molecule has 0 aliphatic rings. The minimum atomic E-state index is -4.62. The van der Waals surface area contributed by atoms with Crippen LogP contribution in [0.3, 0.4) is 0 Å². The molecule has 32 heavy (non-hydrogen) atoms. The van der Waals surface area contributed by atoms with Crippen LogP contribution >= 0.6 is 11.6 Å². The number of alkyl carbamates (subject to hydrolysis) is 1. The molecular formula is C21H21ClF3NO6. The maximum atomic E-state index is 12.1. The number of rotatable bonds is 4. The van der Waals surface area contributed by atoms with Crippen molar-refractivity contribution in [2.45, 2.75) is 39.1 Å². The maximum Gasteiger partial charge on any atom is 0.417 e. The van der Waals surface area contributed by atoms with Crippen LogP contribution in [0, 0.1) is 0 Å². The second kappa shape index (κ2) is 10.9. The van der Waals surface area contributed by atoms with Gasteiger partial charge < -0.3 is 20.3 Å².